The SMILES string of the molecule is Brc1cc2ccccc2c2ccccc12.C1=CC2OC1c1c2c2ccccc2c2ccccc12.[NH2-].[Na+].c1ccoc1. The van der Waals surface area contributed by atoms with Gasteiger partial charge in [-0.15, -0.1) is 0 Å². The summed E-state index contributed by atoms with van der Waals surface area (Å²) in [5.74, 6) is 0. The van der Waals surface area contributed by atoms with Crippen molar-refractivity contribution >= 4 is 59.0 Å². The van der Waals surface area contributed by atoms with Gasteiger partial charge in [-0.05, 0) is 72.4 Å². The molecule has 0 radical (unpaired) electrons. The molecule has 196 valence electrons. The Hall–Kier alpha value is -3.22. The standard InChI is InChI=1S/C18H12O.C14H9Br.C4H4O.H2N.Na/c1-3-7-13-11(5-1)12-6-2-4-8-14(12)18-16-10-9-15(19-16)17(13)18;15-14-9-10-5-1-2-6-11(10)12-7-3-4-8-13(12)14;1-2-4-5-3-1;;/h1-10,15-16H;1-9H;1-4H;1H2;/q;;;-1;+1. The molecule has 7 aromatic rings. The van der Waals surface area contributed by atoms with Crippen molar-refractivity contribution in [3.8, 4) is 0 Å². The van der Waals surface area contributed by atoms with E-state index >= 15 is 0 Å². The van der Waals surface area contributed by atoms with E-state index in [2.05, 4.69) is 136 Å². The predicted molar refractivity (Wildman–Crippen MR) is 170 cm³/mol. The molecule has 0 fully saturated rings. The third-order valence-electron chi connectivity index (χ3n) is 7.48. The zero-order chi connectivity index (χ0) is 26.2. The van der Waals surface area contributed by atoms with Gasteiger partial charge in [-0.3, -0.25) is 0 Å². The van der Waals surface area contributed by atoms with Crippen LogP contribution in [-0.4, -0.2) is 0 Å². The minimum Gasteiger partial charge on any atom is -0.693 e. The molecule has 2 aliphatic rings. The first kappa shape index (κ1) is 29.3. The largest absolute Gasteiger partial charge is 1.00 e. The van der Waals surface area contributed by atoms with E-state index in [0.717, 1.165) is 4.47 Å². The van der Waals surface area contributed by atoms with E-state index in [9.17, 15) is 0 Å². The molecule has 3 heterocycles. The second kappa shape index (κ2) is 12.7. The fraction of sp³-hybridized carbons (Fsp3) is 0.0556. The Bertz CT molecular complexity index is 1900. The number of halogens is 1. The number of benzene rings is 6. The molecule has 5 heteroatoms. The molecular weight excluding hydrogens is 581 g/mol. The van der Waals surface area contributed by atoms with Crippen LogP contribution in [0.15, 0.2) is 149 Å². The Morgan fingerprint density at radius 3 is 1.39 bits per heavy atom. The van der Waals surface area contributed by atoms with Crippen LogP contribution in [0, 0.1) is 0 Å². The number of ether oxygens (including phenoxy) is 1. The first-order valence-electron chi connectivity index (χ1n) is 13.1. The fourth-order valence-electron chi connectivity index (χ4n) is 5.82. The van der Waals surface area contributed by atoms with Gasteiger partial charge in [-0.25, -0.2) is 0 Å². The topological polar surface area (TPSA) is 55.9 Å². The van der Waals surface area contributed by atoms with Gasteiger partial charge in [0.2, 0.25) is 0 Å². The summed E-state index contributed by atoms with van der Waals surface area (Å²) in [4.78, 5) is 0. The van der Waals surface area contributed by atoms with Crippen LogP contribution in [-0.2, 0) is 4.74 Å². The van der Waals surface area contributed by atoms with Gasteiger partial charge in [0.15, 0.2) is 0 Å². The van der Waals surface area contributed by atoms with Gasteiger partial charge < -0.3 is 15.3 Å². The summed E-state index contributed by atoms with van der Waals surface area (Å²) in [7, 11) is 0. The summed E-state index contributed by atoms with van der Waals surface area (Å²) in [5, 5.41) is 10.5. The monoisotopic (exact) mass is 607 g/mol. The summed E-state index contributed by atoms with van der Waals surface area (Å²) < 4.78 is 11.8. The van der Waals surface area contributed by atoms with Gasteiger partial charge in [-0.2, -0.15) is 0 Å². The van der Waals surface area contributed by atoms with E-state index in [-0.39, 0.29) is 47.9 Å². The summed E-state index contributed by atoms with van der Waals surface area (Å²) in [5.41, 5.74) is 2.75. The minimum atomic E-state index is 0. The second-order valence-electron chi connectivity index (χ2n) is 9.70. The van der Waals surface area contributed by atoms with Crippen molar-refractivity contribution in [3.63, 3.8) is 0 Å². The van der Waals surface area contributed by atoms with Crippen LogP contribution in [0.25, 0.3) is 49.2 Å². The first-order chi connectivity index (χ1) is 19.3. The smallest absolute Gasteiger partial charge is 0.693 e. The van der Waals surface area contributed by atoms with Gasteiger partial charge in [-0.1, -0.05) is 125 Å². The molecule has 1 aromatic heterocycles. The Labute approximate surface area is 269 Å². The van der Waals surface area contributed by atoms with Crippen LogP contribution in [0.3, 0.4) is 0 Å². The number of nitrogens with two attached hydrogens (primary N) is 1. The summed E-state index contributed by atoms with van der Waals surface area (Å²) in [6, 6.07) is 40.1. The molecule has 2 unspecified atom stereocenters. The predicted octanol–water partition coefficient (Wildman–Crippen LogP) is 8.43. The van der Waals surface area contributed by atoms with Crippen molar-refractivity contribution < 1.29 is 38.7 Å². The molecule has 6 aromatic carbocycles. The Balaban J connectivity index is 0.000000138. The number of furan rings is 1. The van der Waals surface area contributed by atoms with Crippen molar-refractivity contribution in [1.29, 1.82) is 0 Å². The number of rotatable bonds is 0. The summed E-state index contributed by atoms with van der Waals surface area (Å²) in [6.07, 6.45) is 7.92. The van der Waals surface area contributed by atoms with Crippen molar-refractivity contribution in [1.82, 2.24) is 0 Å². The van der Waals surface area contributed by atoms with E-state index in [4.69, 9.17) is 4.74 Å². The van der Waals surface area contributed by atoms with Crippen LogP contribution in [0.5, 0.6) is 0 Å². The molecule has 2 atom stereocenters. The van der Waals surface area contributed by atoms with Crippen LogP contribution < -0.4 is 29.6 Å². The molecule has 41 heavy (non-hydrogen) atoms. The molecule has 0 spiro atoms. The fourth-order valence-corrected chi connectivity index (χ4v) is 6.42. The molecule has 2 aliphatic heterocycles. The van der Waals surface area contributed by atoms with Crippen LogP contribution in [0.2, 0.25) is 0 Å². The maximum Gasteiger partial charge on any atom is 1.00 e. The third-order valence-corrected chi connectivity index (χ3v) is 8.14. The van der Waals surface area contributed by atoms with Crippen molar-refractivity contribution in [2.75, 3.05) is 0 Å². The van der Waals surface area contributed by atoms with E-state index < -0.39 is 0 Å². The van der Waals surface area contributed by atoms with Crippen LogP contribution >= 0.6 is 15.9 Å². The molecule has 0 saturated carbocycles. The molecule has 3 nitrogen and oxygen atoms in total. The van der Waals surface area contributed by atoms with Crippen LogP contribution in [0.1, 0.15) is 23.3 Å². The van der Waals surface area contributed by atoms with E-state index in [1.807, 2.05) is 12.1 Å². The van der Waals surface area contributed by atoms with E-state index in [0.29, 0.717) is 0 Å². The van der Waals surface area contributed by atoms with Crippen molar-refractivity contribution in [2.24, 2.45) is 0 Å². The molecular formula is C36H27BrNNaO2. The average Bonchev–Trinajstić information content (AvgIpc) is 3.79. The maximum absolute atomic E-state index is 6.05. The van der Waals surface area contributed by atoms with E-state index in [1.54, 1.807) is 12.5 Å². The number of hydrogen-bond donors (Lipinski definition) is 0. The quantitative estimate of drug-likeness (QED) is 0.0986. The van der Waals surface area contributed by atoms with Gasteiger partial charge in [0.25, 0.3) is 0 Å². The van der Waals surface area contributed by atoms with Gasteiger partial charge in [0.05, 0.1) is 12.5 Å². The van der Waals surface area contributed by atoms with Gasteiger partial charge in [0, 0.05) is 4.47 Å². The first-order valence-corrected chi connectivity index (χ1v) is 13.9. The van der Waals surface area contributed by atoms with E-state index in [1.165, 1.54) is 54.2 Å². The zero-order valence-corrected chi connectivity index (χ0v) is 26.3. The Morgan fingerprint density at radius 1 is 0.488 bits per heavy atom. The van der Waals surface area contributed by atoms with Crippen molar-refractivity contribution in [3.05, 3.63) is 162 Å². The Kier molecular flexibility index (Phi) is 9.10. The summed E-state index contributed by atoms with van der Waals surface area (Å²) in [6.45, 7) is 0. The molecule has 0 aliphatic carbocycles. The molecule has 0 saturated heterocycles. The minimum absolute atomic E-state index is 0. The van der Waals surface area contributed by atoms with Gasteiger partial charge in [0.1, 0.15) is 12.2 Å². The normalized spacial score (nSPS) is 15.8. The second-order valence-corrected chi connectivity index (χ2v) is 10.6. The summed E-state index contributed by atoms with van der Waals surface area (Å²) >= 11 is 3.62. The average molecular weight is 609 g/mol. The van der Waals surface area contributed by atoms with Gasteiger partial charge >= 0.3 is 29.6 Å². The van der Waals surface area contributed by atoms with Crippen molar-refractivity contribution in [2.45, 2.75) is 12.2 Å². The zero-order valence-electron chi connectivity index (χ0n) is 22.7. The molecule has 0 amide bonds. The molecule has 9 rings (SSSR count). The third kappa shape index (κ3) is 5.40. The molecule has 2 N–H and O–H groups in total. The van der Waals surface area contributed by atoms with Crippen LogP contribution in [0.4, 0.5) is 0 Å². The maximum atomic E-state index is 6.05. The Morgan fingerprint density at radius 2 is 0.902 bits per heavy atom. The number of fused-ring (bicyclic) bond motifs is 13. The number of hydrogen-bond acceptors (Lipinski definition) is 2. The molecule has 2 bridgehead atoms.